The van der Waals surface area contributed by atoms with Crippen LogP contribution in [-0.2, 0) is 4.74 Å². The number of phenolic OH excluding ortho intramolecular Hbond substituents is 1. The third kappa shape index (κ3) is 4.63. The number of benzene rings is 2. The molecule has 1 N–H and O–H groups in total. The van der Waals surface area contributed by atoms with Crippen LogP contribution in [0.15, 0.2) is 54.6 Å². The number of hydrogen-bond acceptors (Lipinski definition) is 4. The Labute approximate surface area is 111 Å². The molecular weight excluding hydrogens is 244 g/mol. The van der Waals surface area contributed by atoms with Crippen LogP contribution in [0.4, 0.5) is 0 Å². The number of carbonyl (C=O) groups is 2. The SMILES string of the molecule is COC(=O)c1ccccc1O.O=Cc1ccccc1. The van der Waals surface area contributed by atoms with E-state index in [1.54, 1.807) is 24.3 Å². The van der Waals surface area contributed by atoms with Crippen molar-refractivity contribution >= 4 is 12.3 Å². The average molecular weight is 258 g/mol. The van der Waals surface area contributed by atoms with Crippen molar-refractivity contribution in [2.45, 2.75) is 0 Å². The molecule has 0 aliphatic heterocycles. The average Bonchev–Trinajstić information content (AvgIpc) is 2.48. The van der Waals surface area contributed by atoms with E-state index in [1.165, 1.54) is 19.2 Å². The summed E-state index contributed by atoms with van der Waals surface area (Å²) in [5, 5.41) is 9.11. The van der Waals surface area contributed by atoms with Crippen LogP contribution in [0.1, 0.15) is 20.7 Å². The molecule has 0 aliphatic rings. The molecule has 19 heavy (non-hydrogen) atoms. The highest BCUT2D eigenvalue weighted by Crippen LogP contribution is 2.15. The number of esters is 1. The molecule has 4 nitrogen and oxygen atoms in total. The van der Waals surface area contributed by atoms with Gasteiger partial charge in [0.2, 0.25) is 0 Å². The van der Waals surface area contributed by atoms with E-state index in [1.807, 2.05) is 18.2 Å². The second-order valence-electron chi connectivity index (χ2n) is 3.54. The molecule has 2 rings (SSSR count). The van der Waals surface area contributed by atoms with Crippen molar-refractivity contribution in [1.29, 1.82) is 0 Å². The first-order valence-electron chi connectivity index (χ1n) is 5.55. The fraction of sp³-hybridized carbons (Fsp3) is 0.0667. The van der Waals surface area contributed by atoms with Crippen LogP contribution in [0.5, 0.6) is 5.75 Å². The first-order chi connectivity index (χ1) is 9.19. The number of rotatable bonds is 2. The topological polar surface area (TPSA) is 63.6 Å². The maximum atomic E-state index is 10.9. The molecule has 0 fully saturated rings. The second kappa shape index (κ2) is 7.66. The molecule has 0 atom stereocenters. The molecule has 0 amide bonds. The highest BCUT2D eigenvalue weighted by molar-refractivity contribution is 5.92. The van der Waals surface area contributed by atoms with Gasteiger partial charge in [-0.3, -0.25) is 4.79 Å². The van der Waals surface area contributed by atoms with E-state index < -0.39 is 5.97 Å². The van der Waals surface area contributed by atoms with Crippen molar-refractivity contribution in [3.63, 3.8) is 0 Å². The summed E-state index contributed by atoms with van der Waals surface area (Å²) in [5.41, 5.74) is 0.919. The lowest BCUT2D eigenvalue weighted by molar-refractivity contribution is 0.0597. The number of aldehydes is 1. The highest BCUT2D eigenvalue weighted by Gasteiger charge is 2.08. The molecule has 0 bridgehead atoms. The van der Waals surface area contributed by atoms with Crippen LogP contribution in [-0.4, -0.2) is 24.5 Å². The van der Waals surface area contributed by atoms with Gasteiger partial charge in [0, 0.05) is 5.56 Å². The summed E-state index contributed by atoms with van der Waals surface area (Å²) in [6, 6.07) is 15.3. The first kappa shape index (κ1) is 14.4. The van der Waals surface area contributed by atoms with Gasteiger partial charge in [0.05, 0.1) is 7.11 Å². The Morgan fingerprint density at radius 2 is 1.63 bits per heavy atom. The first-order valence-corrected chi connectivity index (χ1v) is 5.55. The Bertz CT molecular complexity index is 535. The number of para-hydroxylation sites is 1. The van der Waals surface area contributed by atoms with Crippen LogP contribution in [0.2, 0.25) is 0 Å². The Balaban J connectivity index is 0.000000200. The summed E-state index contributed by atoms with van der Waals surface area (Å²) in [5.74, 6) is -0.581. The van der Waals surface area contributed by atoms with Crippen molar-refractivity contribution in [2.24, 2.45) is 0 Å². The minimum absolute atomic E-state index is 0.0562. The second-order valence-corrected chi connectivity index (χ2v) is 3.54. The van der Waals surface area contributed by atoms with Crippen LogP contribution < -0.4 is 0 Å². The molecule has 0 aromatic heterocycles. The van der Waals surface area contributed by atoms with E-state index >= 15 is 0 Å². The Morgan fingerprint density at radius 3 is 2.11 bits per heavy atom. The summed E-state index contributed by atoms with van der Waals surface area (Å²) in [4.78, 5) is 20.9. The van der Waals surface area contributed by atoms with E-state index in [4.69, 9.17) is 5.11 Å². The Hall–Kier alpha value is -2.62. The summed E-state index contributed by atoms with van der Waals surface area (Å²) in [7, 11) is 1.27. The molecule has 0 unspecified atom stereocenters. The molecule has 0 spiro atoms. The monoisotopic (exact) mass is 258 g/mol. The van der Waals surface area contributed by atoms with Crippen molar-refractivity contribution < 1.29 is 19.4 Å². The van der Waals surface area contributed by atoms with E-state index in [0.717, 1.165) is 11.8 Å². The summed E-state index contributed by atoms with van der Waals surface area (Å²) >= 11 is 0. The van der Waals surface area contributed by atoms with E-state index in [2.05, 4.69) is 4.74 Å². The van der Waals surface area contributed by atoms with E-state index in [-0.39, 0.29) is 11.3 Å². The molecule has 2 aromatic rings. The van der Waals surface area contributed by atoms with Gasteiger partial charge >= 0.3 is 5.97 Å². The molecule has 0 radical (unpaired) electrons. The molecule has 4 heteroatoms. The van der Waals surface area contributed by atoms with Crippen LogP contribution in [0.3, 0.4) is 0 Å². The van der Waals surface area contributed by atoms with Crippen LogP contribution in [0, 0.1) is 0 Å². The van der Waals surface area contributed by atoms with Gasteiger partial charge in [-0.2, -0.15) is 0 Å². The normalized spacial score (nSPS) is 8.89. The zero-order valence-electron chi connectivity index (χ0n) is 10.4. The molecule has 0 saturated carbocycles. The Morgan fingerprint density at radius 1 is 1.05 bits per heavy atom. The number of phenols is 1. The molecule has 0 heterocycles. The number of ether oxygens (including phenoxy) is 1. The largest absolute Gasteiger partial charge is 0.507 e. The van der Waals surface area contributed by atoms with Crippen molar-refractivity contribution in [1.82, 2.24) is 0 Å². The van der Waals surface area contributed by atoms with Crippen LogP contribution >= 0.6 is 0 Å². The van der Waals surface area contributed by atoms with Gasteiger partial charge in [-0.05, 0) is 12.1 Å². The zero-order valence-corrected chi connectivity index (χ0v) is 10.4. The standard InChI is InChI=1S/C8H8O3.C7H6O/c1-11-8(10)6-4-2-3-5-7(6)9;8-6-7-4-2-1-3-5-7/h2-5,9H,1H3;1-6H. The maximum absolute atomic E-state index is 10.9. The molecule has 98 valence electrons. The van der Waals surface area contributed by atoms with E-state index in [0.29, 0.717) is 0 Å². The number of aromatic hydroxyl groups is 1. The maximum Gasteiger partial charge on any atom is 0.341 e. The fourth-order valence-corrected chi connectivity index (χ4v) is 1.29. The lowest BCUT2D eigenvalue weighted by Gasteiger charge is -1.99. The lowest BCUT2D eigenvalue weighted by atomic mass is 10.2. The quantitative estimate of drug-likeness (QED) is 0.664. The third-order valence-corrected chi connectivity index (χ3v) is 2.25. The fourth-order valence-electron chi connectivity index (χ4n) is 1.29. The molecule has 0 aliphatic carbocycles. The predicted octanol–water partition coefficient (Wildman–Crippen LogP) is 2.68. The van der Waals surface area contributed by atoms with Gasteiger partial charge in [0.25, 0.3) is 0 Å². The van der Waals surface area contributed by atoms with Gasteiger partial charge in [-0.1, -0.05) is 42.5 Å². The molecule has 0 saturated heterocycles. The summed E-state index contributed by atoms with van der Waals surface area (Å²) < 4.78 is 4.42. The lowest BCUT2D eigenvalue weighted by Crippen LogP contribution is -2.00. The molecular formula is C15H14O4. The minimum atomic E-state index is -0.525. The molecule has 2 aromatic carbocycles. The van der Waals surface area contributed by atoms with Crippen molar-refractivity contribution in [3.8, 4) is 5.75 Å². The number of carbonyl (C=O) groups excluding carboxylic acids is 2. The summed E-state index contributed by atoms with van der Waals surface area (Å²) in [6.07, 6.45) is 0.833. The van der Waals surface area contributed by atoms with E-state index in [9.17, 15) is 9.59 Å². The van der Waals surface area contributed by atoms with Gasteiger partial charge in [0.1, 0.15) is 17.6 Å². The summed E-state index contributed by atoms with van der Waals surface area (Å²) in [6.45, 7) is 0. The van der Waals surface area contributed by atoms with Crippen molar-refractivity contribution in [2.75, 3.05) is 7.11 Å². The zero-order chi connectivity index (χ0) is 14.1. The number of hydrogen-bond donors (Lipinski definition) is 1. The van der Waals surface area contributed by atoms with Crippen molar-refractivity contribution in [3.05, 3.63) is 65.7 Å². The minimum Gasteiger partial charge on any atom is -0.507 e. The number of methoxy groups -OCH3 is 1. The van der Waals surface area contributed by atoms with Gasteiger partial charge in [-0.15, -0.1) is 0 Å². The predicted molar refractivity (Wildman–Crippen MR) is 71.3 cm³/mol. The van der Waals surface area contributed by atoms with Gasteiger partial charge < -0.3 is 9.84 Å². The smallest absolute Gasteiger partial charge is 0.341 e. The van der Waals surface area contributed by atoms with Crippen LogP contribution in [0.25, 0.3) is 0 Å². The third-order valence-electron chi connectivity index (χ3n) is 2.25. The van der Waals surface area contributed by atoms with Gasteiger partial charge in [0.15, 0.2) is 0 Å². The van der Waals surface area contributed by atoms with Gasteiger partial charge in [-0.25, -0.2) is 4.79 Å². The highest BCUT2D eigenvalue weighted by atomic mass is 16.5. The Kier molecular flexibility index (Phi) is 5.82.